The van der Waals surface area contributed by atoms with Gasteiger partial charge in [-0.05, 0) is 79.5 Å². The summed E-state index contributed by atoms with van der Waals surface area (Å²) < 4.78 is 62.5. The quantitative estimate of drug-likeness (QED) is 0.256. The highest BCUT2D eigenvalue weighted by Crippen LogP contribution is 2.32. The molecule has 0 aliphatic carbocycles. The first-order valence-corrected chi connectivity index (χ1v) is 15.3. The Morgan fingerprint density at radius 2 is 1.80 bits per heavy atom. The van der Waals surface area contributed by atoms with E-state index in [2.05, 4.69) is 19.6 Å². The number of benzene rings is 3. The van der Waals surface area contributed by atoms with Gasteiger partial charge in [0.2, 0.25) is 11.8 Å². The molecule has 10 nitrogen and oxygen atoms in total. The number of anilines is 2. The van der Waals surface area contributed by atoms with Crippen molar-refractivity contribution in [3.8, 4) is 22.7 Å². The summed E-state index contributed by atoms with van der Waals surface area (Å²) in [7, 11) is -3.18. The molecule has 1 aliphatic rings. The fourth-order valence-electron chi connectivity index (χ4n) is 5.36. The van der Waals surface area contributed by atoms with E-state index in [0.29, 0.717) is 28.4 Å². The Morgan fingerprint density at radius 3 is 2.55 bits per heavy atom. The highest BCUT2D eigenvalue weighted by molar-refractivity contribution is 7.92. The molecule has 6 rings (SSSR count). The third-order valence-electron chi connectivity index (χ3n) is 7.47. The second kappa shape index (κ2) is 11.7. The van der Waals surface area contributed by atoms with Crippen molar-refractivity contribution in [1.29, 1.82) is 0 Å². The molecule has 1 fully saturated rings. The summed E-state index contributed by atoms with van der Waals surface area (Å²) in [5.74, 6) is -2.19. The molecule has 13 heteroatoms. The van der Waals surface area contributed by atoms with Crippen molar-refractivity contribution in [1.82, 2.24) is 19.4 Å². The molecule has 0 spiro atoms. The van der Waals surface area contributed by atoms with E-state index in [4.69, 9.17) is 10.5 Å². The van der Waals surface area contributed by atoms with Gasteiger partial charge in [-0.3, -0.25) is 14.4 Å². The van der Waals surface area contributed by atoms with Crippen LogP contribution in [0, 0.1) is 11.6 Å². The highest BCUT2D eigenvalue weighted by atomic mass is 32.2. The molecule has 0 radical (unpaired) electrons. The summed E-state index contributed by atoms with van der Waals surface area (Å²) in [5.41, 5.74) is 8.80. The van der Waals surface area contributed by atoms with Crippen LogP contribution in [0.3, 0.4) is 0 Å². The maximum absolute atomic E-state index is 14.3. The van der Waals surface area contributed by atoms with Crippen LogP contribution in [-0.4, -0.2) is 48.1 Å². The molecule has 0 amide bonds. The van der Waals surface area contributed by atoms with E-state index in [-0.39, 0.29) is 28.5 Å². The lowest BCUT2D eigenvalue weighted by molar-refractivity contribution is 0.331. The van der Waals surface area contributed by atoms with E-state index in [1.165, 1.54) is 36.8 Å². The lowest BCUT2D eigenvalue weighted by Gasteiger charge is -2.16. The molecule has 1 saturated heterocycles. The standard InChI is InChI=1S/C31H28F2N6O4S/c1-43-29-27(37-44(41,42)28-10-8-22(32)16-25(28)33)15-21(17-35-29)20-7-9-26-24(14-20)30(40)39(31(34)36-26)23-6-4-5-19(13-23)18-38-11-2-3-12-38/h4-10,13-17,37H,2-3,11-12,18H2,1H3,(H2,34,36). The van der Waals surface area contributed by atoms with Gasteiger partial charge in [0, 0.05) is 24.4 Å². The van der Waals surface area contributed by atoms with Crippen LogP contribution < -0.4 is 20.8 Å². The maximum atomic E-state index is 14.3. The summed E-state index contributed by atoms with van der Waals surface area (Å²) in [4.78, 5) is 24.1. The molecule has 1 aliphatic heterocycles. The summed E-state index contributed by atoms with van der Waals surface area (Å²) >= 11 is 0. The van der Waals surface area contributed by atoms with Gasteiger partial charge in [-0.25, -0.2) is 31.7 Å². The molecule has 2 aromatic heterocycles. The Kier molecular flexibility index (Phi) is 7.74. The lowest BCUT2D eigenvalue weighted by atomic mass is 10.0. The largest absolute Gasteiger partial charge is 0.480 e. The average molecular weight is 619 g/mol. The van der Waals surface area contributed by atoms with Crippen molar-refractivity contribution in [3.05, 3.63) is 100 Å². The molecule has 5 aromatic rings. The number of hydrogen-bond acceptors (Lipinski definition) is 8. The number of nitrogen functional groups attached to an aromatic ring is 1. The van der Waals surface area contributed by atoms with Crippen LogP contribution in [0.1, 0.15) is 18.4 Å². The van der Waals surface area contributed by atoms with Crippen molar-refractivity contribution in [2.75, 3.05) is 30.7 Å². The minimum absolute atomic E-state index is 0.0457. The molecule has 0 atom stereocenters. The van der Waals surface area contributed by atoms with E-state index in [1.54, 1.807) is 24.3 Å². The smallest absolute Gasteiger partial charge is 0.267 e. The number of nitrogens with two attached hydrogens (primary N) is 1. The molecule has 3 N–H and O–H groups in total. The van der Waals surface area contributed by atoms with Gasteiger partial charge in [-0.1, -0.05) is 18.2 Å². The van der Waals surface area contributed by atoms with Crippen molar-refractivity contribution < 1.29 is 21.9 Å². The number of ether oxygens (including phenoxy) is 1. The van der Waals surface area contributed by atoms with Gasteiger partial charge in [-0.2, -0.15) is 0 Å². The molecule has 0 unspecified atom stereocenters. The molecule has 44 heavy (non-hydrogen) atoms. The number of likely N-dealkylation sites (tertiary alicyclic amines) is 1. The van der Waals surface area contributed by atoms with E-state index < -0.39 is 26.6 Å². The zero-order valence-electron chi connectivity index (χ0n) is 23.6. The van der Waals surface area contributed by atoms with Crippen molar-refractivity contribution in [2.24, 2.45) is 0 Å². The number of hydrogen-bond donors (Lipinski definition) is 2. The number of halogens is 2. The van der Waals surface area contributed by atoms with Crippen LogP contribution in [0.2, 0.25) is 0 Å². The monoisotopic (exact) mass is 618 g/mol. The minimum Gasteiger partial charge on any atom is -0.480 e. The zero-order chi connectivity index (χ0) is 31.0. The Morgan fingerprint density at radius 1 is 1.00 bits per heavy atom. The molecule has 3 heterocycles. The van der Waals surface area contributed by atoms with E-state index in [9.17, 15) is 22.0 Å². The van der Waals surface area contributed by atoms with Crippen molar-refractivity contribution in [3.63, 3.8) is 0 Å². The summed E-state index contributed by atoms with van der Waals surface area (Å²) in [6.07, 6.45) is 3.79. The SMILES string of the molecule is COc1ncc(-c2ccc3nc(N)n(-c4cccc(CN5CCCC5)c4)c(=O)c3c2)cc1NS(=O)(=O)c1ccc(F)cc1F. The summed E-state index contributed by atoms with van der Waals surface area (Å²) in [5, 5.41) is 0.285. The fourth-order valence-corrected chi connectivity index (χ4v) is 6.47. The first-order valence-electron chi connectivity index (χ1n) is 13.8. The summed E-state index contributed by atoms with van der Waals surface area (Å²) in [6.45, 7) is 2.86. The fraction of sp³-hybridized carbons (Fsp3) is 0.194. The normalized spacial score (nSPS) is 13.8. The zero-order valence-corrected chi connectivity index (χ0v) is 24.4. The average Bonchev–Trinajstić information content (AvgIpc) is 3.50. The number of fused-ring (bicyclic) bond motifs is 1. The Balaban J connectivity index is 1.38. The Bertz CT molecular complexity index is 2060. The Labute approximate surface area is 251 Å². The second-order valence-electron chi connectivity index (χ2n) is 10.5. The molecule has 3 aromatic carbocycles. The van der Waals surface area contributed by atoms with Gasteiger partial charge in [-0.15, -0.1) is 0 Å². The molecule has 0 bridgehead atoms. The van der Waals surface area contributed by atoms with Gasteiger partial charge in [0.1, 0.15) is 22.2 Å². The molecule has 226 valence electrons. The lowest BCUT2D eigenvalue weighted by Crippen LogP contribution is -2.23. The van der Waals surface area contributed by atoms with Crippen LogP contribution in [0.25, 0.3) is 27.7 Å². The minimum atomic E-state index is -4.48. The van der Waals surface area contributed by atoms with Gasteiger partial charge >= 0.3 is 0 Å². The van der Waals surface area contributed by atoms with Crippen molar-refractivity contribution in [2.45, 2.75) is 24.3 Å². The Hall–Kier alpha value is -4.88. The summed E-state index contributed by atoms with van der Waals surface area (Å²) in [6, 6.07) is 16.2. The number of nitrogens with one attached hydrogen (secondary N) is 1. The highest BCUT2D eigenvalue weighted by Gasteiger charge is 2.23. The van der Waals surface area contributed by atoms with Crippen LogP contribution in [0.5, 0.6) is 5.88 Å². The molecular formula is C31H28F2N6O4S. The third kappa shape index (κ3) is 5.71. The van der Waals surface area contributed by atoms with E-state index >= 15 is 0 Å². The van der Waals surface area contributed by atoms with Gasteiger partial charge in [0.15, 0.2) is 0 Å². The molecular weight excluding hydrogens is 590 g/mol. The van der Waals surface area contributed by atoms with Crippen LogP contribution in [-0.2, 0) is 16.6 Å². The van der Waals surface area contributed by atoms with Gasteiger partial charge in [0.25, 0.3) is 15.6 Å². The number of sulfonamides is 1. The van der Waals surface area contributed by atoms with Crippen molar-refractivity contribution >= 4 is 32.6 Å². The second-order valence-corrected chi connectivity index (χ2v) is 12.1. The van der Waals surface area contributed by atoms with Crippen LogP contribution in [0.4, 0.5) is 20.4 Å². The number of rotatable bonds is 8. The molecule has 0 saturated carbocycles. The topological polar surface area (TPSA) is 132 Å². The predicted octanol–water partition coefficient (Wildman–Crippen LogP) is 4.71. The predicted molar refractivity (Wildman–Crippen MR) is 163 cm³/mol. The van der Waals surface area contributed by atoms with E-state index in [0.717, 1.165) is 37.3 Å². The van der Waals surface area contributed by atoms with Crippen LogP contribution in [0.15, 0.2) is 82.6 Å². The number of pyridine rings is 1. The number of aromatic nitrogens is 3. The van der Waals surface area contributed by atoms with E-state index in [1.807, 2.05) is 18.2 Å². The van der Waals surface area contributed by atoms with Gasteiger partial charge in [0.05, 0.1) is 23.7 Å². The third-order valence-corrected chi connectivity index (χ3v) is 8.87. The maximum Gasteiger partial charge on any atom is 0.267 e. The van der Waals surface area contributed by atoms with Gasteiger partial charge < -0.3 is 10.5 Å². The first-order chi connectivity index (χ1) is 21.1. The van der Waals surface area contributed by atoms with Crippen LogP contribution >= 0.6 is 0 Å². The number of nitrogens with zero attached hydrogens (tertiary/aromatic N) is 4. The number of methoxy groups -OCH3 is 1. The first kappa shape index (κ1) is 29.2.